The number of fused-ring (bicyclic) bond motifs is 1. The number of carbonyl (C=O) groups excluding carboxylic acids is 1. The number of rotatable bonds is 7. The summed E-state index contributed by atoms with van der Waals surface area (Å²) in [5, 5.41) is 2.88. The molecule has 9 heteroatoms. The highest BCUT2D eigenvalue weighted by Gasteiger charge is 2.29. The zero-order valence-electron chi connectivity index (χ0n) is 21.3. The topological polar surface area (TPSA) is 84.9 Å². The lowest BCUT2D eigenvalue weighted by atomic mass is 9.86. The third kappa shape index (κ3) is 6.05. The van der Waals surface area contributed by atoms with Crippen LogP contribution < -0.4 is 19.1 Å². The van der Waals surface area contributed by atoms with Crippen molar-refractivity contribution in [3.63, 3.8) is 0 Å². The number of anilines is 1. The van der Waals surface area contributed by atoms with Crippen molar-refractivity contribution in [3.8, 4) is 11.5 Å². The smallest absolute Gasteiger partial charge is 0.264 e. The van der Waals surface area contributed by atoms with Crippen LogP contribution in [0.25, 0.3) is 0 Å². The van der Waals surface area contributed by atoms with E-state index in [9.17, 15) is 17.6 Å². The third-order valence-corrected chi connectivity index (χ3v) is 7.93. The summed E-state index contributed by atoms with van der Waals surface area (Å²) in [6.07, 6.45) is 0. The molecule has 1 heterocycles. The van der Waals surface area contributed by atoms with Gasteiger partial charge in [-0.1, -0.05) is 45.0 Å². The molecule has 37 heavy (non-hydrogen) atoms. The Bertz CT molecular complexity index is 1370. The van der Waals surface area contributed by atoms with Crippen LogP contribution >= 0.6 is 0 Å². The van der Waals surface area contributed by atoms with Crippen LogP contribution in [0.4, 0.5) is 10.1 Å². The second kappa shape index (κ2) is 10.4. The molecule has 0 radical (unpaired) electrons. The fraction of sp³-hybridized carbons (Fsp3) is 0.321. The van der Waals surface area contributed by atoms with Crippen molar-refractivity contribution in [2.45, 2.75) is 44.0 Å². The summed E-state index contributed by atoms with van der Waals surface area (Å²) < 4.78 is 53.0. The highest BCUT2D eigenvalue weighted by Crippen LogP contribution is 2.34. The van der Waals surface area contributed by atoms with E-state index in [-0.39, 0.29) is 22.0 Å². The standard InChI is InChI=1S/C28H31FN2O5S/c1-19(20-5-7-21(8-6-20)28(2,3)4)30-27(32)18-31(23-11-9-22(29)10-12-23)37(33,34)24-13-14-25-26(17-24)36-16-15-35-25/h5-14,17,19H,15-16,18H2,1-4H3,(H,30,32)/t19-/m1/s1. The molecule has 3 aromatic carbocycles. The Morgan fingerprint density at radius 2 is 1.59 bits per heavy atom. The number of ether oxygens (including phenoxy) is 2. The van der Waals surface area contributed by atoms with Crippen LogP contribution in [-0.4, -0.2) is 34.1 Å². The van der Waals surface area contributed by atoms with E-state index in [2.05, 4.69) is 26.1 Å². The Morgan fingerprint density at radius 3 is 2.22 bits per heavy atom. The van der Waals surface area contributed by atoms with Crippen molar-refractivity contribution in [1.82, 2.24) is 5.32 Å². The average molecular weight is 527 g/mol. The molecule has 0 saturated heterocycles. The Morgan fingerprint density at radius 1 is 0.973 bits per heavy atom. The lowest BCUT2D eigenvalue weighted by molar-refractivity contribution is -0.120. The predicted molar refractivity (Wildman–Crippen MR) is 140 cm³/mol. The van der Waals surface area contributed by atoms with Crippen LogP contribution in [0.3, 0.4) is 0 Å². The lowest BCUT2D eigenvalue weighted by Gasteiger charge is -2.26. The van der Waals surface area contributed by atoms with Crippen molar-refractivity contribution < 1.29 is 27.1 Å². The zero-order valence-corrected chi connectivity index (χ0v) is 22.1. The number of sulfonamides is 1. The number of nitrogens with zero attached hydrogens (tertiary/aromatic N) is 1. The number of amides is 1. The number of nitrogens with one attached hydrogen (secondary N) is 1. The van der Waals surface area contributed by atoms with Crippen molar-refractivity contribution in [2.24, 2.45) is 0 Å². The van der Waals surface area contributed by atoms with Gasteiger partial charge >= 0.3 is 0 Å². The maximum atomic E-state index is 13.7. The van der Waals surface area contributed by atoms with E-state index >= 15 is 0 Å². The van der Waals surface area contributed by atoms with Gasteiger partial charge in [-0.3, -0.25) is 9.10 Å². The summed E-state index contributed by atoms with van der Waals surface area (Å²) in [6.45, 7) is 8.39. The van der Waals surface area contributed by atoms with Gasteiger partial charge in [-0.2, -0.15) is 0 Å². The molecule has 0 unspecified atom stereocenters. The molecule has 0 bridgehead atoms. The van der Waals surface area contributed by atoms with Crippen LogP contribution in [0, 0.1) is 5.82 Å². The Labute approximate surface area is 217 Å². The highest BCUT2D eigenvalue weighted by molar-refractivity contribution is 7.92. The van der Waals surface area contributed by atoms with E-state index in [4.69, 9.17) is 9.47 Å². The van der Waals surface area contributed by atoms with Gasteiger partial charge in [0.2, 0.25) is 5.91 Å². The first-order valence-electron chi connectivity index (χ1n) is 12.0. The second-order valence-electron chi connectivity index (χ2n) is 9.95. The van der Waals surface area contributed by atoms with Gasteiger partial charge in [0.05, 0.1) is 16.6 Å². The maximum Gasteiger partial charge on any atom is 0.264 e. The van der Waals surface area contributed by atoms with Gasteiger partial charge in [0.15, 0.2) is 11.5 Å². The van der Waals surface area contributed by atoms with Gasteiger partial charge in [0.25, 0.3) is 10.0 Å². The van der Waals surface area contributed by atoms with Gasteiger partial charge in [-0.25, -0.2) is 12.8 Å². The first kappa shape index (κ1) is 26.5. The molecule has 0 saturated carbocycles. The molecule has 1 N–H and O–H groups in total. The monoisotopic (exact) mass is 526 g/mol. The molecule has 0 spiro atoms. The first-order valence-corrected chi connectivity index (χ1v) is 13.5. The molecule has 0 aromatic heterocycles. The fourth-order valence-electron chi connectivity index (χ4n) is 4.01. The van der Waals surface area contributed by atoms with Crippen LogP contribution in [0.1, 0.15) is 44.9 Å². The van der Waals surface area contributed by atoms with E-state index in [0.717, 1.165) is 22.0 Å². The summed E-state index contributed by atoms with van der Waals surface area (Å²) in [5.74, 6) is -0.263. The molecule has 1 aliphatic rings. The molecule has 4 rings (SSSR count). The zero-order chi connectivity index (χ0) is 26.8. The third-order valence-electron chi connectivity index (χ3n) is 6.16. The van der Waals surface area contributed by atoms with Crippen molar-refractivity contribution in [2.75, 3.05) is 24.1 Å². The summed E-state index contributed by atoms with van der Waals surface area (Å²) >= 11 is 0. The molecule has 1 aliphatic heterocycles. The van der Waals surface area contributed by atoms with Crippen molar-refractivity contribution >= 4 is 21.6 Å². The molecule has 196 valence electrons. The van der Waals surface area contributed by atoms with Gasteiger partial charge < -0.3 is 14.8 Å². The number of hydrogen-bond acceptors (Lipinski definition) is 5. The van der Waals surface area contributed by atoms with E-state index in [0.29, 0.717) is 24.7 Å². The van der Waals surface area contributed by atoms with E-state index in [1.165, 1.54) is 35.9 Å². The van der Waals surface area contributed by atoms with Gasteiger partial charge in [0.1, 0.15) is 25.6 Å². The second-order valence-corrected chi connectivity index (χ2v) is 11.8. The first-order chi connectivity index (χ1) is 17.4. The van der Waals surface area contributed by atoms with E-state index < -0.39 is 28.3 Å². The quantitative estimate of drug-likeness (QED) is 0.470. The van der Waals surface area contributed by atoms with E-state index in [1.807, 2.05) is 31.2 Å². The van der Waals surface area contributed by atoms with Gasteiger partial charge in [0, 0.05) is 6.07 Å². The minimum Gasteiger partial charge on any atom is -0.486 e. The summed E-state index contributed by atoms with van der Waals surface area (Å²) in [6, 6.07) is 16.8. The summed E-state index contributed by atoms with van der Waals surface area (Å²) in [5.41, 5.74) is 2.23. The normalized spacial score (nSPS) is 14.1. The number of hydrogen-bond donors (Lipinski definition) is 1. The molecule has 0 fully saturated rings. The fourth-order valence-corrected chi connectivity index (χ4v) is 5.44. The minimum atomic E-state index is -4.20. The Kier molecular flexibility index (Phi) is 7.45. The van der Waals surface area contributed by atoms with E-state index in [1.54, 1.807) is 0 Å². The molecular formula is C28H31FN2O5S. The molecule has 3 aromatic rings. The van der Waals surface area contributed by atoms with Gasteiger partial charge in [-0.05, 0) is 59.9 Å². The molecule has 0 aliphatic carbocycles. The largest absolute Gasteiger partial charge is 0.486 e. The Balaban J connectivity index is 1.58. The molecule has 1 atom stereocenters. The molecular weight excluding hydrogens is 495 g/mol. The Hall–Kier alpha value is -3.59. The van der Waals surface area contributed by atoms with Crippen LogP contribution in [-0.2, 0) is 20.2 Å². The molecule has 1 amide bonds. The highest BCUT2D eigenvalue weighted by atomic mass is 32.2. The van der Waals surface area contributed by atoms with Crippen LogP contribution in [0.15, 0.2) is 71.6 Å². The van der Waals surface area contributed by atoms with Crippen LogP contribution in [0.5, 0.6) is 11.5 Å². The number of halogens is 1. The van der Waals surface area contributed by atoms with Crippen LogP contribution in [0.2, 0.25) is 0 Å². The number of benzene rings is 3. The average Bonchev–Trinajstić information content (AvgIpc) is 2.87. The predicted octanol–water partition coefficient (Wildman–Crippen LogP) is 4.97. The number of carbonyl (C=O) groups is 1. The summed E-state index contributed by atoms with van der Waals surface area (Å²) in [4.78, 5) is 13.0. The molecule has 7 nitrogen and oxygen atoms in total. The van der Waals surface area contributed by atoms with Gasteiger partial charge in [-0.15, -0.1) is 0 Å². The summed E-state index contributed by atoms with van der Waals surface area (Å²) in [7, 11) is -4.20. The van der Waals surface area contributed by atoms with Crippen molar-refractivity contribution in [3.05, 3.63) is 83.7 Å². The SMILES string of the molecule is C[C@@H](NC(=O)CN(c1ccc(F)cc1)S(=O)(=O)c1ccc2c(c1)OCCO2)c1ccc(C(C)(C)C)cc1. The minimum absolute atomic E-state index is 0.00286. The van der Waals surface area contributed by atoms with Crippen molar-refractivity contribution in [1.29, 1.82) is 0 Å². The lowest BCUT2D eigenvalue weighted by Crippen LogP contribution is -2.41. The maximum absolute atomic E-state index is 13.7.